The van der Waals surface area contributed by atoms with E-state index in [1.807, 2.05) is 6.92 Å². The minimum atomic E-state index is -0.582. The molecule has 1 rings (SSSR count). The Labute approximate surface area is 105 Å². The van der Waals surface area contributed by atoms with Gasteiger partial charge in [-0.1, -0.05) is 6.92 Å². The molecule has 0 atom stereocenters. The Morgan fingerprint density at radius 2 is 2.22 bits per heavy atom. The molecule has 0 radical (unpaired) electrons. The van der Waals surface area contributed by atoms with Crippen molar-refractivity contribution in [2.75, 3.05) is 13.1 Å². The third kappa shape index (κ3) is 4.96. The first-order valence-electron chi connectivity index (χ1n) is 5.84. The lowest BCUT2D eigenvalue weighted by molar-refractivity contribution is -0.402. The van der Waals surface area contributed by atoms with E-state index in [2.05, 4.69) is 10.6 Å². The third-order valence-electron chi connectivity index (χ3n) is 2.23. The molecule has 0 bridgehead atoms. The van der Waals surface area contributed by atoms with Crippen LogP contribution in [0, 0.1) is 10.1 Å². The van der Waals surface area contributed by atoms with E-state index in [4.69, 9.17) is 4.42 Å². The number of hydrogen-bond donors (Lipinski definition) is 2. The van der Waals surface area contributed by atoms with Crippen LogP contribution in [-0.4, -0.2) is 23.9 Å². The van der Waals surface area contributed by atoms with E-state index in [9.17, 15) is 14.9 Å². The lowest BCUT2D eigenvalue weighted by atomic mass is 10.3. The standard InChI is InChI=1S/C11H17N3O4/c1-2-6-13-10(15)5-7-12-8-9-3-4-11(18-9)14(16)17/h3-4,12H,2,5-8H2,1H3,(H,13,15). The van der Waals surface area contributed by atoms with Crippen LogP contribution in [0.25, 0.3) is 0 Å². The number of nitrogens with zero attached hydrogens (tertiary/aromatic N) is 1. The summed E-state index contributed by atoms with van der Waals surface area (Å²) in [5.41, 5.74) is 0. The highest BCUT2D eigenvalue weighted by Crippen LogP contribution is 2.14. The van der Waals surface area contributed by atoms with Crippen molar-refractivity contribution >= 4 is 11.8 Å². The molecule has 0 spiro atoms. The van der Waals surface area contributed by atoms with Crippen molar-refractivity contribution in [3.63, 3.8) is 0 Å². The maximum Gasteiger partial charge on any atom is 0.433 e. The van der Waals surface area contributed by atoms with E-state index in [1.54, 1.807) is 6.07 Å². The summed E-state index contributed by atoms with van der Waals surface area (Å²) in [6, 6.07) is 2.85. The van der Waals surface area contributed by atoms with Gasteiger partial charge in [-0.3, -0.25) is 14.9 Å². The van der Waals surface area contributed by atoms with Crippen LogP contribution in [0.3, 0.4) is 0 Å². The number of carbonyl (C=O) groups is 1. The largest absolute Gasteiger partial charge is 0.433 e. The molecule has 1 heterocycles. The SMILES string of the molecule is CCCNC(=O)CCNCc1ccc([N+](=O)[O-])o1. The summed E-state index contributed by atoms with van der Waals surface area (Å²) < 4.78 is 4.95. The number of furan rings is 1. The normalized spacial score (nSPS) is 10.3. The first-order valence-corrected chi connectivity index (χ1v) is 5.84. The number of amides is 1. The predicted molar refractivity (Wildman–Crippen MR) is 65.0 cm³/mol. The van der Waals surface area contributed by atoms with Crippen molar-refractivity contribution in [2.24, 2.45) is 0 Å². The van der Waals surface area contributed by atoms with E-state index in [0.717, 1.165) is 6.42 Å². The average molecular weight is 255 g/mol. The Morgan fingerprint density at radius 3 is 2.83 bits per heavy atom. The number of carbonyl (C=O) groups excluding carboxylic acids is 1. The summed E-state index contributed by atoms with van der Waals surface area (Å²) >= 11 is 0. The Kier molecular flexibility index (Phi) is 5.86. The number of nitro groups is 1. The minimum Gasteiger partial charge on any atom is -0.404 e. The maximum absolute atomic E-state index is 11.2. The van der Waals surface area contributed by atoms with Crippen LogP contribution >= 0.6 is 0 Å². The van der Waals surface area contributed by atoms with Crippen molar-refractivity contribution in [3.05, 3.63) is 28.0 Å². The van der Waals surface area contributed by atoms with Crippen LogP contribution in [0.4, 0.5) is 5.88 Å². The molecule has 7 heteroatoms. The van der Waals surface area contributed by atoms with Gasteiger partial charge in [0.2, 0.25) is 5.91 Å². The van der Waals surface area contributed by atoms with Crippen LogP contribution in [0.15, 0.2) is 16.5 Å². The van der Waals surface area contributed by atoms with Crippen LogP contribution in [0.2, 0.25) is 0 Å². The van der Waals surface area contributed by atoms with Gasteiger partial charge in [-0.2, -0.15) is 0 Å². The summed E-state index contributed by atoms with van der Waals surface area (Å²) in [5, 5.41) is 16.1. The molecule has 1 aromatic rings. The molecule has 0 unspecified atom stereocenters. The van der Waals surface area contributed by atoms with E-state index < -0.39 is 4.92 Å². The van der Waals surface area contributed by atoms with E-state index in [1.165, 1.54) is 6.07 Å². The Morgan fingerprint density at radius 1 is 1.44 bits per heavy atom. The second-order valence-corrected chi connectivity index (χ2v) is 3.77. The molecule has 0 aromatic carbocycles. The minimum absolute atomic E-state index is 0.00484. The molecule has 1 amide bonds. The van der Waals surface area contributed by atoms with Gasteiger partial charge in [-0.25, -0.2) is 0 Å². The summed E-state index contributed by atoms with van der Waals surface area (Å²) in [5.74, 6) is 0.206. The Bertz CT molecular complexity index is 403. The highest BCUT2D eigenvalue weighted by molar-refractivity contribution is 5.75. The number of hydrogen-bond acceptors (Lipinski definition) is 5. The van der Waals surface area contributed by atoms with Crippen molar-refractivity contribution in [3.8, 4) is 0 Å². The molecule has 0 aliphatic rings. The monoisotopic (exact) mass is 255 g/mol. The van der Waals surface area contributed by atoms with Gasteiger partial charge < -0.3 is 15.1 Å². The highest BCUT2D eigenvalue weighted by Gasteiger charge is 2.11. The summed E-state index contributed by atoms with van der Waals surface area (Å²) in [7, 11) is 0. The first-order chi connectivity index (χ1) is 8.63. The van der Waals surface area contributed by atoms with Gasteiger partial charge in [0.15, 0.2) is 0 Å². The molecule has 7 nitrogen and oxygen atoms in total. The van der Waals surface area contributed by atoms with Gasteiger partial charge in [0.05, 0.1) is 12.6 Å². The fourth-order valence-corrected chi connectivity index (χ4v) is 1.33. The van der Waals surface area contributed by atoms with Gasteiger partial charge in [0.25, 0.3) is 0 Å². The zero-order valence-corrected chi connectivity index (χ0v) is 10.3. The third-order valence-corrected chi connectivity index (χ3v) is 2.23. The van der Waals surface area contributed by atoms with E-state index in [0.29, 0.717) is 31.8 Å². The predicted octanol–water partition coefficient (Wildman–Crippen LogP) is 1.19. The van der Waals surface area contributed by atoms with Gasteiger partial charge in [0.1, 0.15) is 10.7 Å². The lowest BCUT2D eigenvalue weighted by Crippen LogP contribution is -2.27. The molecular formula is C11H17N3O4. The highest BCUT2D eigenvalue weighted by atomic mass is 16.6. The molecule has 100 valence electrons. The summed E-state index contributed by atoms with van der Waals surface area (Å²) in [4.78, 5) is 21.0. The van der Waals surface area contributed by atoms with Crippen molar-refractivity contribution in [1.29, 1.82) is 0 Å². The quantitative estimate of drug-likeness (QED) is 0.413. The van der Waals surface area contributed by atoms with Crippen molar-refractivity contribution in [2.45, 2.75) is 26.3 Å². The maximum atomic E-state index is 11.2. The van der Waals surface area contributed by atoms with Crippen molar-refractivity contribution in [1.82, 2.24) is 10.6 Å². The molecule has 18 heavy (non-hydrogen) atoms. The van der Waals surface area contributed by atoms with Gasteiger partial charge in [0, 0.05) is 19.5 Å². The van der Waals surface area contributed by atoms with E-state index in [-0.39, 0.29) is 11.8 Å². The van der Waals surface area contributed by atoms with E-state index >= 15 is 0 Å². The zero-order valence-electron chi connectivity index (χ0n) is 10.3. The average Bonchev–Trinajstić information content (AvgIpc) is 2.81. The number of nitrogens with one attached hydrogen (secondary N) is 2. The van der Waals surface area contributed by atoms with Crippen molar-refractivity contribution < 1.29 is 14.1 Å². The van der Waals surface area contributed by atoms with Gasteiger partial charge in [-0.15, -0.1) is 0 Å². The van der Waals surface area contributed by atoms with Crippen LogP contribution in [0.1, 0.15) is 25.5 Å². The molecule has 0 fully saturated rings. The molecule has 0 saturated carbocycles. The summed E-state index contributed by atoms with van der Waals surface area (Å²) in [6.45, 7) is 3.55. The smallest absolute Gasteiger partial charge is 0.404 e. The van der Waals surface area contributed by atoms with Crippen LogP contribution in [0.5, 0.6) is 0 Å². The summed E-state index contributed by atoms with van der Waals surface area (Å²) in [6.07, 6.45) is 1.29. The second-order valence-electron chi connectivity index (χ2n) is 3.77. The van der Waals surface area contributed by atoms with Gasteiger partial charge >= 0.3 is 5.88 Å². The fraction of sp³-hybridized carbons (Fsp3) is 0.545. The van der Waals surface area contributed by atoms with Crippen LogP contribution < -0.4 is 10.6 Å². The molecule has 1 aromatic heterocycles. The molecule has 0 saturated heterocycles. The molecular weight excluding hydrogens is 238 g/mol. The zero-order chi connectivity index (χ0) is 13.4. The number of rotatable bonds is 8. The Balaban J connectivity index is 2.17. The molecule has 0 aliphatic carbocycles. The first kappa shape index (κ1) is 14.2. The topological polar surface area (TPSA) is 97.4 Å². The fourth-order valence-electron chi connectivity index (χ4n) is 1.33. The molecule has 0 aliphatic heterocycles. The second kappa shape index (κ2) is 7.44. The van der Waals surface area contributed by atoms with Gasteiger partial charge in [-0.05, 0) is 12.5 Å². The molecule has 2 N–H and O–H groups in total. The lowest BCUT2D eigenvalue weighted by Gasteiger charge is -2.03. The van der Waals surface area contributed by atoms with Crippen LogP contribution in [-0.2, 0) is 11.3 Å². The Hall–Kier alpha value is -1.89.